The van der Waals surface area contributed by atoms with Gasteiger partial charge in [0.05, 0.1) is 6.04 Å². The molecule has 110 valence electrons. The highest BCUT2D eigenvalue weighted by atomic mass is 15.1. The molecule has 0 saturated heterocycles. The van der Waals surface area contributed by atoms with E-state index in [1.165, 1.54) is 22.4 Å². The number of benzene rings is 3. The zero-order chi connectivity index (χ0) is 15.4. The van der Waals surface area contributed by atoms with E-state index in [0.717, 1.165) is 0 Å². The fourth-order valence-electron chi connectivity index (χ4n) is 2.81. The maximum Gasteiger partial charge on any atom is 0.0511 e. The van der Waals surface area contributed by atoms with E-state index >= 15 is 0 Å². The predicted octanol–water partition coefficient (Wildman–Crippen LogP) is 5.55. The van der Waals surface area contributed by atoms with E-state index in [-0.39, 0.29) is 0 Å². The molecule has 1 nitrogen and oxygen atoms in total. The molecule has 0 heterocycles. The molecule has 1 atom stereocenters. The normalized spacial score (nSPS) is 11.9. The van der Waals surface area contributed by atoms with E-state index in [2.05, 4.69) is 104 Å². The summed E-state index contributed by atoms with van der Waals surface area (Å²) in [6.07, 6.45) is 0. The number of anilines is 1. The van der Waals surface area contributed by atoms with Gasteiger partial charge in [-0.1, -0.05) is 78.9 Å². The Morgan fingerprint density at radius 1 is 0.682 bits per heavy atom. The second kappa shape index (κ2) is 6.48. The minimum atomic E-state index is 0.325. The molecule has 0 aliphatic rings. The van der Waals surface area contributed by atoms with Gasteiger partial charge >= 0.3 is 0 Å². The zero-order valence-corrected chi connectivity index (χ0v) is 13.1. The molecule has 0 aliphatic heterocycles. The molecule has 0 unspecified atom stereocenters. The molecule has 3 rings (SSSR count). The highest BCUT2D eigenvalue weighted by Crippen LogP contribution is 2.34. The van der Waals surface area contributed by atoms with Crippen LogP contribution in [0.2, 0.25) is 0 Å². The maximum atomic E-state index is 2.34. The largest absolute Gasteiger partial charge is 0.367 e. The van der Waals surface area contributed by atoms with Crippen LogP contribution in [0.4, 0.5) is 5.69 Å². The summed E-state index contributed by atoms with van der Waals surface area (Å²) < 4.78 is 0. The summed E-state index contributed by atoms with van der Waals surface area (Å²) in [6, 6.07) is 30.1. The minimum absolute atomic E-state index is 0.325. The van der Waals surface area contributed by atoms with Crippen molar-refractivity contribution in [3.05, 3.63) is 90.5 Å². The van der Waals surface area contributed by atoms with Crippen molar-refractivity contribution in [2.24, 2.45) is 0 Å². The first-order valence-corrected chi connectivity index (χ1v) is 7.69. The van der Waals surface area contributed by atoms with E-state index in [1.807, 2.05) is 0 Å². The van der Waals surface area contributed by atoms with Crippen LogP contribution >= 0.6 is 0 Å². The molecule has 0 bridgehead atoms. The Morgan fingerprint density at radius 2 is 1.23 bits per heavy atom. The number of hydrogen-bond donors (Lipinski definition) is 0. The molecule has 22 heavy (non-hydrogen) atoms. The molecule has 3 aromatic rings. The van der Waals surface area contributed by atoms with Gasteiger partial charge in [0.15, 0.2) is 0 Å². The summed E-state index contributed by atoms with van der Waals surface area (Å²) in [6.45, 7) is 2.25. The molecule has 0 amide bonds. The molecule has 0 saturated carbocycles. The minimum Gasteiger partial charge on any atom is -0.367 e. The molecular formula is C21H21N. The molecular weight excluding hydrogens is 266 g/mol. The number of hydrogen-bond acceptors (Lipinski definition) is 1. The van der Waals surface area contributed by atoms with Gasteiger partial charge < -0.3 is 4.90 Å². The highest BCUT2D eigenvalue weighted by Gasteiger charge is 2.15. The third kappa shape index (κ3) is 2.89. The van der Waals surface area contributed by atoms with Gasteiger partial charge in [0.2, 0.25) is 0 Å². The quantitative estimate of drug-likeness (QED) is 0.608. The summed E-state index contributed by atoms with van der Waals surface area (Å²) in [5, 5.41) is 0. The lowest BCUT2D eigenvalue weighted by molar-refractivity contribution is 0.740. The van der Waals surface area contributed by atoms with Crippen molar-refractivity contribution in [2.45, 2.75) is 13.0 Å². The Kier molecular flexibility index (Phi) is 4.24. The van der Waals surface area contributed by atoms with Crippen molar-refractivity contribution in [3.8, 4) is 11.1 Å². The average molecular weight is 287 g/mol. The zero-order valence-electron chi connectivity index (χ0n) is 13.1. The van der Waals surface area contributed by atoms with E-state index in [4.69, 9.17) is 0 Å². The third-order valence-electron chi connectivity index (χ3n) is 4.23. The SMILES string of the molecule is C[C@@H](c1ccccc1)N(C)c1ccccc1-c1ccccc1. The summed E-state index contributed by atoms with van der Waals surface area (Å²) in [5.41, 5.74) is 5.11. The summed E-state index contributed by atoms with van der Waals surface area (Å²) in [4.78, 5) is 2.34. The fourth-order valence-corrected chi connectivity index (χ4v) is 2.81. The topological polar surface area (TPSA) is 3.24 Å². The van der Waals surface area contributed by atoms with Gasteiger partial charge in [-0.05, 0) is 24.1 Å². The van der Waals surface area contributed by atoms with Crippen molar-refractivity contribution >= 4 is 5.69 Å². The van der Waals surface area contributed by atoms with Crippen molar-refractivity contribution in [2.75, 3.05) is 11.9 Å². The van der Waals surface area contributed by atoms with E-state index < -0.39 is 0 Å². The molecule has 0 aliphatic carbocycles. The average Bonchev–Trinajstić information content (AvgIpc) is 2.62. The molecule has 0 fully saturated rings. The number of nitrogens with zero attached hydrogens (tertiary/aromatic N) is 1. The lowest BCUT2D eigenvalue weighted by Crippen LogP contribution is -2.22. The van der Waals surface area contributed by atoms with E-state index in [1.54, 1.807) is 0 Å². The fraction of sp³-hybridized carbons (Fsp3) is 0.143. The first-order chi connectivity index (χ1) is 10.8. The van der Waals surface area contributed by atoms with Crippen LogP contribution in [0.1, 0.15) is 18.5 Å². The van der Waals surface area contributed by atoms with Gasteiger partial charge in [0.1, 0.15) is 0 Å². The Hall–Kier alpha value is -2.54. The van der Waals surface area contributed by atoms with Crippen LogP contribution in [0.3, 0.4) is 0 Å². The Balaban J connectivity index is 1.98. The second-order valence-electron chi connectivity index (χ2n) is 5.58. The van der Waals surface area contributed by atoms with E-state index in [0.29, 0.717) is 6.04 Å². The molecule has 3 aromatic carbocycles. The van der Waals surface area contributed by atoms with Crippen molar-refractivity contribution in [3.63, 3.8) is 0 Å². The van der Waals surface area contributed by atoms with Gasteiger partial charge in [0, 0.05) is 18.3 Å². The predicted molar refractivity (Wildman–Crippen MR) is 95.1 cm³/mol. The molecule has 0 aromatic heterocycles. The highest BCUT2D eigenvalue weighted by molar-refractivity contribution is 5.78. The smallest absolute Gasteiger partial charge is 0.0511 e. The molecule has 1 heteroatoms. The first kappa shape index (κ1) is 14.4. The van der Waals surface area contributed by atoms with Crippen LogP contribution in [0.5, 0.6) is 0 Å². The third-order valence-corrected chi connectivity index (χ3v) is 4.23. The molecule has 0 spiro atoms. The maximum absolute atomic E-state index is 2.34. The number of rotatable bonds is 4. The Bertz CT molecular complexity index is 719. The van der Waals surface area contributed by atoms with Crippen LogP contribution in [-0.4, -0.2) is 7.05 Å². The molecule has 0 N–H and O–H groups in total. The molecule has 0 radical (unpaired) electrons. The van der Waals surface area contributed by atoms with Gasteiger partial charge in [-0.15, -0.1) is 0 Å². The Morgan fingerprint density at radius 3 is 1.91 bits per heavy atom. The van der Waals surface area contributed by atoms with Crippen molar-refractivity contribution in [1.29, 1.82) is 0 Å². The van der Waals surface area contributed by atoms with Gasteiger partial charge in [-0.2, -0.15) is 0 Å². The summed E-state index contributed by atoms with van der Waals surface area (Å²) >= 11 is 0. The van der Waals surface area contributed by atoms with Gasteiger partial charge in [-0.25, -0.2) is 0 Å². The van der Waals surface area contributed by atoms with Crippen molar-refractivity contribution in [1.82, 2.24) is 0 Å². The second-order valence-corrected chi connectivity index (χ2v) is 5.58. The van der Waals surface area contributed by atoms with Crippen LogP contribution in [0, 0.1) is 0 Å². The van der Waals surface area contributed by atoms with Gasteiger partial charge in [-0.3, -0.25) is 0 Å². The summed E-state index contributed by atoms with van der Waals surface area (Å²) in [5.74, 6) is 0. The van der Waals surface area contributed by atoms with Crippen LogP contribution in [0.25, 0.3) is 11.1 Å². The first-order valence-electron chi connectivity index (χ1n) is 7.69. The van der Waals surface area contributed by atoms with Crippen LogP contribution < -0.4 is 4.90 Å². The lowest BCUT2D eigenvalue weighted by atomic mass is 10.0. The lowest BCUT2D eigenvalue weighted by Gasteiger charge is -2.29. The number of para-hydroxylation sites is 1. The monoisotopic (exact) mass is 287 g/mol. The van der Waals surface area contributed by atoms with Crippen molar-refractivity contribution < 1.29 is 0 Å². The Labute approximate surface area is 132 Å². The van der Waals surface area contributed by atoms with E-state index in [9.17, 15) is 0 Å². The summed E-state index contributed by atoms with van der Waals surface area (Å²) in [7, 11) is 2.17. The standard InChI is InChI=1S/C21H21N/c1-17(18-11-5-3-6-12-18)22(2)21-16-10-9-15-20(21)19-13-7-4-8-14-19/h3-17H,1-2H3/t17-/m0/s1. The van der Waals surface area contributed by atoms with Crippen LogP contribution in [-0.2, 0) is 0 Å². The van der Waals surface area contributed by atoms with Crippen LogP contribution in [0.15, 0.2) is 84.9 Å². The van der Waals surface area contributed by atoms with Gasteiger partial charge in [0.25, 0.3) is 0 Å².